The molecule has 0 spiro atoms. The molecule has 0 amide bonds. The number of rotatable bonds is 7. The van der Waals surface area contributed by atoms with Crippen molar-refractivity contribution in [3.8, 4) is 0 Å². The molecule has 0 aliphatic heterocycles. The molecular formula is C14H21ClINO. The Balaban J connectivity index is 2.85. The maximum atomic E-state index is 6.21. The Kier molecular flexibility index (Phi) is 7.53. The number of hydrogen-bond acceptors (Lipinski definition) is 2. The van der Waals surface area contributed by atoms with Crippen LogP contribution in [0.5, 0.6) is 0 Å². The second-order valence-electron chi connectivity index (χ2n) is 4.47. The molecule has 0 saturated heterocycles. The van der Waals surface area contributed by atoms with Crippen LogP contribution in [-0.4, -0.2) is 20.3 Å². The van der Waals surface area contributed by atoms with Gasteiger partial charge >= 0.3 is 0 Å². The molecule has 102 valence electrons. The number of benzene rings is 1. The van der Waals surface area contributed by atoms with Gasteiger partial charge in [0.1, 0.15) is 0 Å². The van der Waals surface area contributed by atoms with Crippen LogP contribution in [0, 0.1) is 9.49 Å². The summed E-state index contributed by atoms with van der Waals surface area (Å²) in [5.74, 6) is 0.515. The topological polar surface area (TPSA) is 21.3 Å². The minimum absolute atomic E-state index is 0.333. The number of hydrogen-bond donors (Lipinski definition) is 1. The second-order valence-corrected chi connectivity index (χ2v) is 6.04. The SMILES string of the molecule is CCNC(c1ccc(I)c(Cl)c1)C(C)CCOC. The van der Waals surface area contributed by atoms with Gasteiger partial charge in [-0.05, 0) is 59.2 Å². The maximum Gasteiger partial charge on any atom is 0.0542 e. The predicted octanol–water partition coefficient (Wildman–Crippen LogP) is 4.27. The van der Waals surface area contributed by atoms with Crippen LogP contribution >= 0.6 is 34.2 Å². The monoisotopic (exact) mass is 381 g/mol. The van der Waals surface area contributed by atoms with Crippen molar-refractivity contribution in [1.29, 1.82) is 0 Å². The third kappa shape index (κ3) is 4.68. The molecule has 1 rings (SSSR count). The molecule has 0 radical (unpaired) electrons. The maximum absolute atomic E-state index is 6.21. The normalized spacial score (nSPS) is 14.5. The number of halogens is 2. The first kappa shape index (κ1) is 16.2. The molecule has 0 aromatic heterocycles. The van der Waals surface area contributed by atoms with E-state index in [0.29, 0.717) is 12.0 Å². The zero-order valence-electron chi connectivity index (χ0n) is 11.2. The summed E-state index contributed by atoms with van der Waals surface area (Å²) in [7, 11) is 1.75. The Hall–Kier alpha value is 0.160. The van der Waals surface area contributed by atoms with E-state index in [4.69, 9.17) is 16.3 Å². The van der Waals surface area contributed by atoms with Gasteiger partial charge in [0, 0.05) is 23.3 Å². The molecule has 2 unspecified atom stereocenters. The lowest BCUT2D eigenvalue weighted by Gasteiger charge is -2.25. The van der Waals surface area contributed by atoms with Gasteiger partial charge in [0.05, 0.1) is 5.02 Å². The standard InChI is InChI=1S/C14H21ClINO/c1-4-17-14(10(2)7-8-18-3)11-5-6-13(16)12(15)9-11/h5-6,9-10,14,17H,4,7-8H2,1-3H3. The number of methoxy groups -OCH3 is 1. The van der Waals surface area contributed by atoms with Crippen LogP contribution in [0.25, 0.3) is 0 Å². The van der Waals surface area contributed by atoms with E-state index in [2.05, 4.69) is 60.0 Å². The lowest BCUT2D eigenvalue weighted by Crippen LogP contribution is -2.27. The van der Waals surface area contributed by atoms with Crippen LogP contribution in [0.4, 0.5) is 0 Å². The highest BCUT2D eigenvalue weighted by Gasteiger charge is 2.18. The van der Waals surface area contributed by atoms with Gasteiger partial charge in [-0.25, -0.2) is 0 Å². The van der Waals surface area contributed by atoms with E-state index in [1.54, 1.807) is 7.11 Å². The molecule has 0 aliphatic rings. The Labute approximate surface area is 129 Å². The summed E-state index contributed by atoms with van der Waals surface area (Å²) in [4.78, 5) is 0. The minimum Gasteiger partial charge on any atom is -0.385 e. The molecule has 1 aromatic rings. The van der Waals surface area contributed by atoms with Crippen molar-refractivity contribution >= 4 is 34.2 Å². The first-order valence-electron chi connectivity index (χ1n) is 6.27. The largest absolute Gasteiger partial charge is 0.385 e. The smallest absolute Gasteiger partial charge is 0.0542 e. The van der Waals surface area contributed by atoms with Crippen LogP contribution in [0.3, 0.4) is 0 Å². The van der Waals surface area contributed by atoms with E-state index in [1.807, 2.05) is 0 Å². The number of ether oxygens (including phenoxy) is 1. The van der Waals surface area contributed by atoms with Crippen molar-refractivity contribution in [1.82, 2.24) is 5.32 Å². The van der Waals surface area contributed by atoms with Crippen LogP contribution < -0.4 is 5.32 Å². The molecule has 1 N–H and O–H groups in total. The fourth-order valence-electron chi connectivity index (χ4n) is 2.04. The summed E-state index contributed by atoms with van der Waals surface area (Å²) in [5.41, 5.74) is 1.26. The Morgan fingerprint density at radius 2 is 2.17 bits per heavy atom. The van der Waals surface area contributed by atoms with Crippen molar-refractivity contribution in [2.75, 3.05) is 20.3 Å². The van der Waals surface area contributed by atoms with E-state index in [1.165, 1.54) is 5.56 Å². The first-order chi connectivity index (χ1) is 8.60. The second kappa shape index (κ2) is 8.35. The summed E-state index contributed by atoms with van der Waals surface area (Å²) in [6.07, 6.45) is 1.04. The van der Waals surface area contributed by atoms with Gasteiger partial charge in [0.15, 0.2) is 0 Å². The van der Waals surface area contributed by atoms with Crippen LogP contribution in [-0.2, 0) is 4.74 Å². The van der Waals surface area contributed by atoms with Crippen molar-refractivity contribution < 1.29 is 4.74 Å². The molecule has 0 heterocycles. The molecule has 0 fully saturated rings. The molecular weight excluding hydrogens is 361 g/mol. The van der Waals surface area contributed by atoms with Gasteiger partial charge in [-0.2, -0.15) is 0 Å². The van der Waals surface area contributed by atoms with Crippen LogP contribution in [0.2, 0.25) is 5.02 Å². The molecule has 2 atom stereocenters. The van der Waals surface area contributed by atoms with Gasteiger partial charge in [-0.1, -0.05) is 31.5 Å². The lowest BCUT2D eigenvalue weighted by atomic mass is 9.92. The quantitative estimate of drug-likeness (QED) is 0.712. The van der Waals surface area contributed by atoms with Gasteiger partial charge in [0.25, 0.3) is 0 Å². The zero-order chi connectivity index (χ0) is 13.5. The van der Waals surface area contributed by atoms with E-state index in [9.17, 15) is 0 Å². The van der Waals surface area contributed by atoms with E-state index < -0.39 is 0 Å². The fraction of sp³-hybridized carbons (Fsp3) is 0.571. The predicted molar refractivity (Wildman–Crippen MR) is 86.2 cm³/mol. The molecule has 4 heteroatoms. The highest BCUT2D eigenvalue weighted by Crippen LogP contribution is 2.28. The van der Waals surface area contributed by atoms with Gasteiger partial charge in [-0.3, -0.25) is 0 Å². The average Bonchev–Trinajstić information content (AvgIpc) is 2.36. The molecule has 0 saturated carbocycles. The molecule has 2 nitrogen and oxygen atoms in total. The first-order valence-corrected chi connectivity index (χ1v) is 7.73. The summed E-state index contributed by atoms with van der Waals surface area (Å²) < 4.78 is 6.26. The van der Waals surface area contributed by atoms with E-state index >= 15 is 0 Å². The Bertz CT molecular complexity index is 373. The van der Waals surface area contributed by atoms with Gasteiger partial charge in [0.2, 0.25) is 0 Å². The summed E-state index contributed by atoms with van der Waals surface area (Å²) in [6.45, 7) is 6.12. The molecule has 1 aromatic carbocycles. The van der Waals surface area contributed by atoms with E-state index in [0.717, 1.165) is 28.2 Å². The molecule has 0 aliphatic carbocycles. The van der Waals surface area contributed by atoms with E-state index in [-0.39, 0.29) is 0 Å². The summed E-state index contributed by atoms with van der Waals surface area (Å²) in [6, 6.07) is 6.63. The van der Waals surface area contributed by atoms with Crippen molar-refractivity contribution in [2.24, 2.45) is 5.92 Å². The van der Waals surface area contributed by atoms with Crippen LogP contribution in [0.15, 0.2) is 18.2 Å². The Morgan fingerprint density at radius 1 is 1.44 bits per heavy atom. The van der Waals surface area contributed by atoms with Crippen LogP contribution in [0.1, 0.15) is 31.9 Å². The average molecular weight is 382 g/mol. The van der Waals surface area contributed by atoms with Gasteiger partial charge in [-0.15, -0.1) is 0 Å². The third-order valence-electron chi connectivity index (χ3n) is 3.07. The van der Waals surface area contributed by atoms with Crippen molar-refractivity contribution in [3.05, 3.63) is 32.4 Å². The number of nitrogens with one attached hydrogen (secondary N) is 1. The van der Waals surface area contributed by atoms with Gasteiger partial charge < -0.3 is 10.1 Å². The van der Waals surface area contributed by atoms with Crippen molar-refractivity contribution in [3.63, 3.8) is 0 Å². The highest BCUT2D eigenvalue weighted by molar-refractivity contribution is 14.1. The third-order valence-corrected chi connectivity index (χ3v) is 4.65. The lowest BCUT2D eigenvalue weighted by molar-refractivity contribution is 0.170. The fourth-order valence-corrected chi connectivity index (χ4v) is 2.57. The Morgan fingerprint density at radius 3 is 2.72 bits per heavy atom. The highest BCUT2D eigenvalue weighted by atomic mass is 127. The summed E-state index contributed by atoms with van der Waals surface area (Å²) in [5, 5.41) is 4.37. The summed E-state index contributed by atoms with van der Waals surface area (Å²) >= 11 is 8.46. The molecule has 0 bridgehead atoms. The van der Waals surface area contributed by atoms with Crippen molar-refractivity contribution in [2.45, 2.75) is 26.3 Å². The minimum atomic E-state index is 0.333. The molecule has 18 heavy (non-hydrogen) atoms. The zero-order valence-corrected chi connectivity index (χ0v) is 14.1.